The number of pyridine rings is 1. The Bertz CT molecular complexity index is 950. The molecule has 0 saturated heterocycles. The van der Waals surface area contributed by atoms with Gasteiger partial charge in [-0.1, -0.05) is 6.07 Å². The van der Waals surface area contributed by atoms with Crippen LogP contribution in [0.25, 0.3) is 22.6 Å². The highest BCUT2D eigenvalue weighted by Gasteiger charge is 2.25. The maximum absolute atomic E-state index is 12.1. The number of aryl methyl sites for hydroxylation is 1. The summed E-state index contributed by atoms with van der Waals surface area (Å²) < 4.78 is 5.52. The number of likely N-dealkylation sites (N-methyl/N-ethyl adjacent to an activating group) is 1. The fourth-order valence-electron chi connectivity index (χ4n) is 2.98. The Labute approximate surface area is 144 Å². The lowest BCUT2D eigenvalue weighted by molar-refractivity contribution is -0.121. The molecule has 0 radical (unpaired) electrons. The maximum Gasteiger partial charge on any atom is 0.265 e. The Hall–Kier alpha value is -3.22. The van der Waals surface area contributed by atoms with Crippen molar-refractivity contribution in [3.8, 4) is 28.4 Å². The summed E-state index contributed by atoms with van der Waals surface area (Å²) >= 11 is 0. The summed E-state index contributed by atoms with van der Waals surface area (Å²) in [4.78, 5) is 18.3. The second kappa shape index (κ2) is 6.01. The monoisotopic (exact) mass is 335 g/mol. The van der Waals surface area contributed by atoms with E-state index in [4.69, 9.17) is 4.74 Å². The molecule has 0 bridgehead atoms. The van der Waals surface area contributed by atoms with Gasteiger partial charge >= 0.3 is 0 Å². The van der Waals surface area contributed by atoms with Gasteiger partial charge in [0.2, 0.25) is 0 Å². The van der Waals surface area contributed by atoms with Gasteiger partial charge in [-0.3, -0.25) is 9.78 Å². The number of benzene rings is 1. The summed E-state index contributed by atoms with van der Waals surface area (Å²) in [5.41, 5.74) is 4.63. The van der Waals surface area contributed by atoms with Crippen molar-refractivity contribution in [3.63, 3.8) is 0 Å². The highest BCUT2D eigenvalue weighted by atomic mass is 16.5. The molecule has 0 unspecified atom stereocenters. The number of anilines is 1. The minimum atomic E-state index is -0.0483. The van der Waals surface area contributed by atoms with Gasteiger partial charge in [-0.2, -0.15) is 15.4 Å². The molecule has 3 heterocycles. The van der Waals surface area contributed by atoms with Crippen molar-refractivity contribution in [2.75, 3.05) is 18.1 Å². The first-order valence-electron chi connectivity index (χ1n) is 8.09. The van der Waals surface area contributed by atoms with Crippen LogP contribution in [0.15, 0.2) is 36.4 Å². The number of fused-ring (bicyclic) bond motifs is 1. The fourth-order valence-corrected chi connectivity index (χ4v) is 2.98. The van der Waals surface area contributed by atoms with E-state index in [1.54, 1.807) is 4.90 Å². The molecule has 25 heavy (non-hydrogen) atoms. The second-order valence-corrected chi connectivity index (χ2v) is 5.79. The summed E-state index contributed by atoms with van der Waals surface area (Å²) in [6, 6.07) is 11.5. The van der Waals surface area contributed by atoms with E-state index in [1.807, 2.05) is 50.2 Å². The molecular weight excluding hydrogens is 318 g/mol. The molecule has 7 nitrogen and oxygen atoms in total. The molecule has 1 N–H and O–H groups in total. The summed E-state index contributed by atoms with van der Waals surface area (Å²) in [5, 5.41) is 11.2. The lowest BCUT2D eigenvalue weighted by atomic mass is 10.1. The standard InChI is InChI=1S/C18H17N5O2/c1-3-23-14-9-12(7-8-15(14)25-10-16(23)24)17-18(21-22-20-17)13-6-4-5-11(2)19-13/h4-9H,3,10H2,1-2H3,(H,20,21,22). The number of amides is 1. The number of carbonyl (C=O) groups excluding carboxylic acids is 1. The molecule has 7 heteroatoms. The van der Waals surface area contributed by atoms with Crippen LogP contribution in [0.2, 0.25) is 0 Å². The molecule has 4 rings (SSSR count). The largest absolute Gasteiger partial charge is 0.482 e. The van der Waals surface area contributed by atoms with E-state index < -0.39 is 0 Å². The number of nitrogens with zero attached hydrogens (tertiary/aromatic N) is 4. The number of aromatic nitrogens is 4. The Morgan fingerprint density at radius 1 is 1.20 bits per heavy atom. The Morgan fingerprint density at radius 2 is 2.04 bits per heavy atom. The van der Waals surface area contributed by atoms with Crippen LogP contribution in [0.5, 0.6) is 5.75 Å². The smallest absolute Gasteiger partial charge is 0.265 e. The van der Waals surface area contributed by atoms with E-state index in [2.05, 4.69) is 20.4 Å². The van der Waals surface area contributed by atoms with Gasteiger partial charge < -0.3 is 9.64 Å². The topological polar surface area (TPSA) is 84.0 Å². The first-order valence-corrected chi connectivity index (χ1v) is 8.09. The van der Waals surface area contributed by atoms with E-state index in [0.717, 1.165) is 22.6 Å². The fraction of sp³-hybridized carbons (Fsp3) is 0.222. The number of H-pyrrole nitrogens is 1. The molecule has 1 amide bonds. The molecule has 3 aromatic rings. The SMILES string of the molecule is CCN1C(=O)COc2ccc(-c3n[nH]nc3-c3cccc(C)n3)cc21. The molecule has 1 aromatic carbocycles. The van der Waals surface area contributed by atoms with E-state index in [0.29, 0.717) is 23.7 Å². The van der Waals surface area contributed by atoms with Gasteiger partial charge in [0.05, 0.1) is 11.4 Å². The third-order valence-corrected chi connectivity index (χ3v) is 4.17. The highest BCUT2D eigenvalue weighted by molar-refractivity contribution is 5.98. The normalized spacial score (nSPS) is 13.5. The second-order valence-electron chi connectivity index (χ2n) is 5.79. The number of hydrogen-bond acceptors (Lipinski definition) is 5. The van der Waals surface area contributed by atoms with Gasteiger partial charge in [0.15, 0.2) is 6.61 Å². The van der Waals surface area contributed by atoms with Crippen molar-refractivity contribution in [1.29, 1.82) is 0 Å². The van der Waals surface area contributed by atoms with Crippen molar-refractivity contribution < 1.29 is 9.53 Å². The van der Waals surface area contributed by atoms with Crippen LogP contribution in [0.4, 0.5) is 5.69 Å². The predicted molar refractivity (Wildman–Crippen MR) is 93.3 cm³/mol. The first kappa shape index (κ1) is 15.3. The maximum atomic E-state index is 12.1. The predicted octanol–water partition coefficient (Wildman–Crippen LogP) is 2.59. The minimum Gasteiger partial charge on any atom is -0.482 e. The lowest BCUT2D eigenvalue weighted by Gasteiger charge is -2.28. The van der Waals surface area contributed by atoms with Crippen LogP contribution in [0.3, 0.4) is 0 Å². The molecule has 0 saturated carbocycles. The van der Waals surface area contributed by atoms with Crippen molar-refractivity contribution in [3.05, 3.63) is 42.1 Å². The molecule has 1 aliphatic heterocycles. The van der Waals surface area contributed by atoms with E-state index in [-0.39, 0.29) is 12.5 Å². The van der Waals surface area contributed by atoms with Gasteiger partial charge in [-0.15, -0.1) is 0 Å². The molecule has 0 aliphatic carbocycles. The lowest BCUT2D eigenvalue weighted by Crippen LogP contribution is -2.38. The molecule has 0 atom stereocenters. The number of ether oxygens (including phenoxy) is 1. The van der Waals surface area contributed by atoms with Crippen LogP contribution < -0.4 is 9.64 Å². The number of hydrogen-bond donors (Lipinski definition) is 1. The van der Waals surface area contributed by atoms with Crippen LogP contribution in [0.1, 0.15) is 12.6 Å². The van der Waals surface area contributed by atoms with Gasteiger partial charge in [0.1, 0.15) is 17.1 Å². The Kier molecular flexibility index (Phi) is 3.68. The van der Waals surface area contributed by atoms with Gasteiger partial charge in [-0.05, 0) is 44.2 Å². The Balaban J connectivity index is 1.81. The summed E-state index contributed by atoms with van der Waals surface area (Å²) in [7, 11) is 0. The average Bonchev–Trinajstić information content (AvgIpc) is 3.11. The quantitative estimate of drug-likeness (QED) is 0.795. The van der Waals surface area contributed by atoms with Crippen molar-refractivity contribution >= 4 is 11.6 Å². The summed E-state index contributed by atoms with van der Waals surface area (Å²) in [6.45, 7) is 4.54. The third-order valence-electron chi connectivity index (χ3n) is 4.17. The number of nitrogens with one attached hydrogen (secondary N) is 1. The van der Waals surface area contributed by atoms with Crippen molar-refractivity contribution in [2.24, 2.45) is 0 Å². The van der Waals surface area contributed by atoms with Crippen LogP contribution in [0, 0.1) is 6.92 Å². The summed E-state index contributed by atoms with van der Waals surface area (Å²) in [6.07, 6.45) is 0. The van der Waals surface area contributed by atoms with Crippen LogP contribution in [-0.4, -0.2) is 39.5 Å². The minimum absolute atomic E-state index is 0.0483. The zero-order valence-corrected chi connectivity index (χ0v) is 14.0. The number of aromatic amines is 1. The van der Waals surface area contributed by atoms with Gasteiger partial charge in [0, 0.05) is 17.8 Å². The molecule has 0 spiro atoms. The zero-order valence-electron chi connectivity index (χ0n) is 14.0. The van der Waals surface area contributed by atoms with Crippen LogP contribution >= 0.6 is 0 Å². The van der Waals surface area contributed by atoms with Crippen LogP contribution in [-0.2, 0) is 4.79 Å². The number of carbonyl (C=O) groups is 1. The highest BCUT2D eigenvalue weighted by Crippen LogP contribution is 2.37. The first-order chi connectivity index (χ1) is 12.2. The molecule has 126 valence electrons. The average molecular weight is 335 g/mol. The molecule has 0 fully saturated rings. The number of rotatable bonds is 3. The molecule has 1 aliphatic rings. The molecule has 2 aromatic heterocycles. The summed E-state index contributed by atoms with van der Waals surface area (Å²) in [5.74, 6) is 0.650. The van der Waals surface area contributed by atoms with E-state index in [9.17, 15) is 4.79 Å². The Morgan fingerprint density at radius 3 is 2.84 bits per heavy atom. The van der Waals surface area contributed by atoms with E-state index in [1.165, 1.54) is 0 Å². The van der Waals surface area contributed by atoms with Gasteiger partial charge in [-0.25, -0.2) is 0 Å². The van der Waals surface area contributed by atoms with E-state index >= 15 is 0 Å². The van der Waals surface area contributed by atoms with Crippen molar-refractivity contribution in [2.45, 2.75) is 13.8 Å². The van der Waals surface area contributed by atoms with Crippen molar-refractivity contribution in [1.82, 2.24) is 20.4 Å². The zero-order chi connectivity index (χ0) is 17.4. The molecular formula is C18H17N5O2. The third kappa shape index (κ3) is 2.63. The van der Waals surface area contributed by atoms with Gasteiger partial charge in [0.25, 0.3) is 5.91 Å².